The summed E-state index contributed by atoms with van der Waals surface area (Å²) in [7, 11) is 0. The van der Waals surface area contributed by atoms with E-state index in [0.29, 0.717) is 79.1 Å². The Bertz CT molecular complexity index is 3730. The number of aromatic nitrogens is 3. The first kappa shape index (κ1) is 44.1. The number of aromatic carboxylic acids is 1. The number of fused-ring (bicyclic) bond motifs is 3. The number of hydrogen-bond acceptors (Lipinski definition) is 7. The fourth-order valence-electron chi connectivity index (χ4n) is 9.17. The number of benzene rings is 6. The highest BCUT2D eigenvalue weighted by Gasteiger charge is 2.29. The van der Waals surface area contributed by atoms with Crippen LogP contribution in [-0.4, -0.2) is 41.8 Å². The summed E-state index contributed by atoms with van der Waals surface area (Å²) in [5, 5.41) is 26.0. The summed E-state index contributed by atoms with van der Waals surface area (Å²) in [5.41, 5.74) is 8.92. The second-order valence-electron chi connectivity index (χ2n) is 16.7. The maximum Gasteiger partial charge on any atom is 0.346 e. The number of nitrogens with zero attached hydrogens (tertiary/aromatic N) is 3. The van der Waals surface area contributed by atoms with E-state index in [1.807, 2.05) is 132 Å². The number of para-hydroxylation sites is 3. The molecule has 0 atom stereocenters. The topological polar surface area (TPSA) is 125 Å². The third-order valence-electron chi connectivity index (χ3n) is 12.2. The Morgan fingerprint density at radius 2 is 1.16 bits per heavy atom. The molecular weight excluding hydrogens is 890 g/mol. The Morgan fingerprint density at radius 3 is 1.70 bits per heavy atom. The number of carboxylic acids is 1. The molecule has 0 fully saturated rings. The Balaban J connectivity index is 0.988. The molecular formula is C57H42FN3O7S. The Labute approximate surface area is 399 Å². The maximum atomic E-state index is 14.8. The average molecular weight is 932 g/mol. The van der Waals surface area contributed by atoms with Gasteiger partial charge in [0, 0.05) is 62.3 Å². The largest absolute Gasteiger partial charge is 0.505 e. The van der Waals surface area contributed by atoms with Crippen LogP contribution in [0, 0.1) is 5.82 Å². The quantitative estimate of drug-likeness (QED) is 0.0710. The van der Waals surface area contributed by atoms with Crippen LogP contribution in [0.1, 0.15) is 63.2 Å². The number of hydrogen-bond donors (Lipinski definition) is 2. The zero-order valence-electron chi connectivity index (χ0n) is 37.6. The first-order valence-electron chi connectivity index (χ1n) is 22.0. The summed E-state index contributed by atoms with van der Waals surface area (Å²) in [6.07, 6.45) is 2.28. The van der Waals surface area contributed by atoms with Gasteiger partial charge in [0.25, 0.3) is 0 Å². The molecule has 2 N–H and O–H groups in total. The van der Waals surface area contributed by atoms with Crippen molar-refractivity contribution in [3.8, 4) is 45.6 Å². The van der Waals surface area contributed by atoms with E-state index in [-0.39, 0.29) is 11.3 Å². The van der Waals surface area contributed by atoms with Gasteiger partial charge in [-0.1, -0.05) is 72.8 Å². The van der Waals surface area contributed by atoms with Crippen molar-refractivity contribution < 1.29 is 38.5 Å². The van der Waals surface area contributed by atoms with E-state index in [1.54, 1.807) is 53.1 Å². The minimum Gasteiger partial charge on any atom is -0.505 e. The first-order valence-corrected chi connectivity index (χ1v) is 22.9. The lowest BCUT2D eigenvalue weighted by atomic mass is 10.1. The van der Waals surface area contributed by atoms with Crippen LogP contribution in [0.25, 0.3) is 66.6 Å². The highest BCUT2D eigenvalue weighted by molar-refractivity contribution is 7.08. The number of aromatic hydroxyl groups is 1. The van der Waals surface area contributed by atoms with E-state index in [2.05, 4.69) is 6.58 Å². The number of thiophene rings is 1. The van der Waals surface area contributed by atoms with Crippen molar-refractivity contribution in [1.29, 1.82) is 0 Å². The van der Waals surface area contributed by atoms with Gasteiger partial charge in [-0.15, -0.1) is 0 Å². The van der Waals surface area contributed by atoms with Gasteiger partial charge in [0.05, 0.1) is 44.6 Å². The molecule has 0 aliphatic carbocycles. The summed E-state index contributed by atoms with van der Waals surface area (Å²) >= 11 is 1.46. The number of carbonyl (C=O) groups is 3. The minimum absolute atomic E-state index is 0.221. The van der Waals surface area contributed by atoms with E-state index in [0.717, 1.165) is 27.7 Å². The molecule has 0 unspecified atom stereocenters. The lowest BCUT2D eigenvalue weighted by Crippen LogP contribution is -2.12. The fraction of sp³-hybridized carbons (Fsp3) is 0.0702. The molecule has 10 rings (SSSR count). The van der Waals surface area contributed by atoms with Crippen LogP contribution in [0.2, 0.25) is 0 Å². The number of esters is 2. The zero-order chi connectivity index (χ0) is 48.1. The standard InChI is InChI=1S/C57H42FN3O7S/c1-5-34(4)53-51(56(65)67-39-23-18-36(19-24-39)59-45-15-9-6-12-41(45)50(55(63)64)48(59)30-33(2)3)42-13-7-10-16-46(42)60(53)37-20-25-40(26-21-37)68-57(66)52-43-14-8-11-17-47(43)61(54(52)35-28-29-69-32-35)38-22-27-49(62)44(58)31-38/h5-29,31-32,62H,2,30H2,1,3-4H3,(H,63,64). The van der Waals surface area contributed by atoms with Crippen molar-refractivity contribution in [3.05, 3.63) is 208 Å². The summed E-state index contributed by atoms with van der Waals surface area (Å²) in [6, 6.07) is 42.3. The summed E-state index contributed by atoms with van der Waals surface area (Å²) in [4.78, 5) is 41.5. The first-order chi connectivity index (χ1) is 33.4. The van der Waals surface area contributed by atoms with Crippen LogP contribution in [0.15, 0.2) is 175 Å². The molecule has 0 saturated carbocycles. The molecule has 12 heteroatoms. The lowest BCUT2D eigenvalue weighted by molar-refractivity contribution is 0.0693. The van der Waals surface area contributed by atoms with Gasteiger partial charge < -0.3 is 33.4 Å². The van der Waals surface area contributed by atoms with Gasteiger partial charge in [0.1, 0.15) is 11.5 Å². The summed E-state index contributed by atoms with van der Waals surface area (Å²) in [5.74, 6) is -2.91. The number of phenolic OH excluding ortho intramolecular Hbond substituents is 1. The molecule has 6 aromatic carbocycles. The van der Waals surface area contributed by atoms with Crippen molar-refractivity contribution in [2.75, 3.05) is 0 Å². The number of allylic oxidation sites excluding steroid dienone is 3. The van der Waals surface area contributed by atoms with Crippen LogP contribution in [-0.2, 0) is 6.42 Å². The minimum atomic E-state index is -1.02. The summed E-state index contributed by atoms with van der Waals surface area (Å²) in [6.45, 7) is 9.74. The molecule has 0 bridgehead atoms. The van der Waals surface area contributed by atoms with Gasteiger partial charge in [-0.3, -0.25) is 0 Å². The Morgan fingerprint density at radius 1 is 0.652 bits per heavy atom. The predicted molar refractivity (Wildman–Crippen MR) is 269 cm³/mol. The monoisotopic (exact) mass is 931 g/mol. The molecule has 0 aliphatic rings. The molecule has 69 heavy (non-hydrogen) atoms. The van der Waals surface area contributed by atoms with Crippen molar-refractivity contribution in [2.45, 2.75) is 27.2 Å². The maximum absolute atomic E-state index is 14.8. The molecule has 0 radical (unpaired) electrons. The van der Waals surface area contributed by atoms with Crippen molar-refractivity contribution >= 4 is 67.5 Å². The van der Waals surface area contributed by atoms with Crippen molar-refractivity contribution in [3.63, 3.8) is 0 Å². The van der Waals surface area contributed by atoms with Crippen LogP contribution in [0.5, 0.6) is 17.2 Å². The van der Waals surface area contributed by atoms with Gasteiger partial charge in [0.2, 0.25) is 0 Å². The molecule has 4 heterocycles. The second-order valence-corrected chi connectivity index (χ2v) is 17.4. The third kappa shape index (κ3) is 7.76. The number of ether oxygens (including phenoxy) is 2. The third-order valence-corrected chi connectivity index (χ3v) is 12.9. The van der Waals surface area contributed by atoms with E-state index in [9.17, 15) is 29.0 Å². The molecule has 4 aromatic heterocycles. The number of carbonyl (C=O) groups excluding carboxylic acids is 2. The molecule has 0 spiro atoms. The summed E-state index contributed by atoms with van der Waals surface area (Å²) < 4.78 is 32.8. The highest BCUT2D eigenvalue weighted by Crippen LogP contribution is 2.40. The smallest absolute Gasteiger partial charge is 0.346 e. The van der Waals surface area contributed by atoms with Crippen LogP contribution >= 0.6 is 11.3 Å². The van der Waals surface area contributed by atoms with Gasteiger partial charge in [-0.2, -0.15) is 11.3 Å². The average Bonchev–Trinajstić information content (AvgIpc) is 4.14. The molecule has 0 saturated heterocycles. The number of phenols is 1. The van der Waals surface area contributed by atoms with E-state index in [1.165, 1.54) is 23.5 Å². The van der Waals surface area contributed by atoms with Crippen LogP contribution in [0.3, 0.4) is 0 Å². The zero-order valence-corrected chi connectivity index (χ0v) is 38.4. The number of halogens is 1. The van der Waals surface area contributed by atoms with Gasteiger partial charge in [0.15, 0.2) is 11.6 Å². The fourth-order valence-corrected chi connectivity index (χ4v) is 9.81. The molecule has 340 valence electrons. The number of carboxylic acid groups (broad SMARTS) is 1. The molecule has 10 aromatic rings. The second kappa shape index (κ2) is 17.8. The SMILES string of the molecule is C=C(C)Cc1c(C(=O)O)c2ccccc2n1-c1ccc(OC(=O)c2c(C(C)=CC)n(-c3ccc(OC(=O)c4c(-c5ccsc5)n(-c5ccc(O)c(F)c5)c5ccccc45)cc3)c3ccccc23)cc1. The van der Waals surface area contributed by atoms with Crippen LogP contribution in [0.4, 0.5) is 4.39 Å². The Hall–Kier alpha value is -8.74. The highest BCUT2D eigenvalue weighted by atomic mass is 32.1. The molecule has 0 amide bonds. The predicted octanol–water partition coefficient (Wildman–Crippen LogP) is 13.8. The lowest BCUT2D eigenvalue weighted by Gasteiger charge is -2.14. The number of rotatable bonds is 12. The van der Waals surface area contributed by atoms with E-state index >= 15 is 0 Å². The van der Waals surface area contributed by atoms with Crippen molar-refractivity contribution in [1.82, 2.24) is 13.7 Å². The molecule has 10 nitrogen and oxygen atoms in total. The Kier molecular flexibility index (Phi) is 11.4. The van der Waals surface area contributed by atoms with Gasteiger partial charge in [-0.05, 0) is 117 Å². The van der Waals surface area contributed by atoms with Crippen LogP contribution < -0.4 is 9.47 Å². The van der Waals surface area contributed by atoms with Gasteiger partial charge >= 0.3 is 17.9 Å². The normalized spacial score (nSPS) is 11.7. The molecule has 0 aliphatic heterocycles. The van der Waals surface area contributed by atoms with Crippen molar-refractivity contribution in [2.24, 2.45) is 0 Å². The van der Waals surface area contributed by atoms with Gasteiger partial charge in [-0.25, -0.2) is 18.8 Å². The van der Waals surface area contributed by atoms with E-state index in [4.69, 9.17) is 9.47 Å². The van der Waals surface area contributed by atoms with E-state index < -0.39 is 29.5 Å².